The Morgan fingerprint density at radius 1 is 1.27 bits per heavy atom. The van der Waals surface area contributed by atoms with Gasteiger partial charge in [-0.2, -0.15) is 0 Å². The van der Waals surface area contributed by atoms with Gasteiger partial charge in [0.2, 0.25) is 0 Å². The van der Waals surface area contributed by atoms with Crippen LogP contribution in [0.1, 0.15) is 26.2 Å². The second-order valence-electron chi connectivity index (χ2n) is 3.45. The molecule has 0 spiro atoms. The molecule has 0 N–H and O–H groups in total. The molecule has 1 atom stereocenters. The fourth-order valence-corrected chi connectivity index (χ4v) is 2.31. The maximum absolute atomic E-state index is 11.7. The van der Waals surface area contributed by atoms with Crippen molar-refractivity contribution in [3.8, 4) is 0 Å². The van der Waals surface area contributed by atoms with E-state index in [4.69, 9.17) is 0 Å². The van der Waals surface area contributed by atoms with Crippen molar-refractivity contribution in [1.82, 2.24) is 0 Å². The van der Waals surface area contributed by atoms with Crippen LogP contribution in [0.4, 0.5) is 0 Å². The molecule has 82 valence electrons. The van der Waals surface area contributed by atoms with E-state index in [2.05, 4.69) is 0 Å². The zero-order valence-corrected chi connectivity index (χ0v) is 9.76. The second kappa shape index (κ2) is 6.51. The van der Waals surface area contributed by atoms with E-state index in [0.29, 0.717) is 6.42 Å². The minimum absolute atomic E-state index is 0.0963. The summed E-state index contributed by atoms with van der Waals surface area (Å²) in [5, 5.41) is 0. The highest BCUT2D eigenvalue weighted by Crippen LogP contribution is 2.07. The minimum Gasteiger partial charge on any atom is -0.299 e. The SMILES string of the molecule is CCCCC(=O)CS(=O)c1ccccc1. The molecule has 1 aromatic carbocycles. The van der Waals surface area contributed by atoms with Gasteiger partial charge in [-0.3, -0.25) is 9.00 Å². The zero-order valence-electron chi connectivity index (χ0n) is 8.94. The van der Waals surface area contributed by atoms with Crippen molar-refractivity contribution >= 4 is 16.6 Å². The average molecular weight is 224 g/mol. The lowest BCUT2D eigenvalue weighted by Gasteiger charge is -2.01. The molecule has 0 bridgehead atoms. The summed E-state index contributed by atoms with van der Waals surface area (Å²) in [6.07, 6.45) is 2.45. The molecule has 0 heterocycles. The quantitative estimate of drug-likeness (QED) is 0.744. The van der Waals surface area contributed by atoms with Crippen molar-refractivity contribution in [3.63, 3.8) is 0 Å². The Bertz CT molecular complexity index is 333. The van der Waals surface area contributed by atoms with Crippen molar-refractivity contribution in [1.29, 1.82) is 0 Å². The summed E-state index contributed by atoms with van der Waals surface area (Å²) < 4.78 is 11.7. The van der Waals surface area contributed by atoms with E-state index in [1.165, 1.54) is 0 Å². The van der Waals surface area contributed by atoms with Gasteiger partial charge < -0.3 is 0 Å². The number of rotatable bonds is 6. The molecule has 0 aliphatic rings. The van der Waals surface area contributed by atoms with Crippen LogP contribution in [-0.4, -0.2) is 15.7 Å². The number of ketones is 1. The number of carbonyl (C=O) groups is 1. The molecule has 1 unspecified atom stereocenters. The molecular weight excluding hydrogens is 208 g/mol. The highest BCUT2D eigenvalue weighted by atomic mass is 32.2. The average Bonchev–Trinajstić information content (AvgIpc) is 2.27. The van der Waals surface area contributed by atoms with Crippen LogP contribution in [0.3, 0.4) is 0 Å². The van der Waals surface area contributed by atoms with Gasteiger partial charge in [-0.05, 0) is 18.6 Å². The summed E-state index contributed by atoms with van der Waals surface area (Å²) in [4.78, 5) is 12.1. The zero-order chi connectivity index (χ0) is 11.1. The van der Waals surface area contributed by atoms with Crippen LogP contribution in [0.5, 0.6) is 0 Å². The van der Waals surface area contributed by atoms with E-state index < -0.39 is 10.8 Å². The van der Waals surface area contributed by atoms with E-state index in [-0.39, 0.29) is 11.5 Å². The number of unbranched alkanes of at least 4 members (excludes halogenated alkanes) is 1. The normalized spacial score (nSPS) is 12.3. The fraction of sp³-hybridized carbons (Fsp3) is 0.417. The van der Waals surface area contributed by atoms with E-state index in [1.54, 1.807) is 12.1 Å². The van der Waals surface area contributed by atoms with Crippen molar-refractivity contribution in [3.05, 3.63) is 30.3 Å². The molecule has 0 aromatic heterocycles. The Hall–Kier alpha value is -0.960. The van der Waals surface area contributed by atoms with Gasteiger partial charge in [0.1, 0.15) is 5.78 Å². The molecule has 2 nitrogen and oxygen atoms in total. The summed E-state index contributed by atoms with van der Waals surface area (Å²) in [6.45, 7) is 2.04. The van der Waals surface area contributed by atoms with Crippen molar-refractivity contribution < 1.29 is 9.00 Å². The number of benzene rings is 1. The smallest absolute Gasteiger partial charge is 0.145 e. The van der Waals surface area contributed by atoms with E-state index in [9.17, 15) is 9.00 Å². The van der Waals surface area contributed by atoms with Crippen LogP contribution in [0.25, 0.3) is 0 Å². The first kappa shape index (κ1) is 12.1. The van der Waals surface area contributed by atoms with Gasteiger partial charge in [0, 0.05) is 11.3 Å². The highest BCUT2D eigenvalue weighted by molar-refractivity contribution is 7.85. The molecule has 15 heavy (non-hydrogen) atoms. The Morgan fingerprint density at radius 3 is 2.53 bits per heavy atom. The van der Waals surface area contributed by atoms with E-state index in [1.807, 2.05) is 25.1 Å². The third-order valence-corrected chi connectivity index (χ3v) is 3.49. The molecule has 0 fully saturated rings. The van der Waals surface area contributed by atoms with E-state index >= 15 is 0 Å². The first-order chi connectivity index (χ1) is 7.24. The monoisotopic (exact) mass is 224 g/mol. The Morgan fingerprint density at radius 2 is 1.93 bits per heavy atom. The van der Waals surface area contributed by atoms with Gasteiger partial charge in [-0.1, -0.05) is 31.5 Å². The third-order valence-electron chi connectivity index (χ3n) is 2.11. The van der Waals surface area contributed by atoms with Gasteiger partial charge in [-0.15, -0.1) is 0 Å². The lowest BCUT2D eigenvalue weighted by atomic mass is 10.2. The van der Waals surface area contributed by atoms with Crippen molar-refractivity contribution in [2.24, 2.45) is 0 Å². The summed E-state index contributed by atoms with van der Waals surface area (Å²) >= 11 is 0. The molecule has 0 amide bonds. The first-order valence-corrected chi connectivity index (χ1v) is 6.51. The lowest BCUT2D eigenvalue weighted by molar-refractivity contribution is -0.116. The molecular formula is C12H16O2S. The molecule has 0 saturated carbocycles. The molecule has 3 heteroatoms. The Labute approximate surface area is 93.2 Å². The lowest BCUT2D eigenvalue weighted by Crippen LogP contribution is -2.10. The molecule has 0 saturated heterocycles. The number of carbonyl (C=O) groups excluding carboxylic acids is 1. The largest absolute Gasteiger partial charge is 0.299 e. The molecule has 0 radical (unpaired) electrons. The minimum atomic E-state index is -1.17. The van der Waals surface area contributed by atoms with Crippen LogP contribution in [0.2, 0.25) is 0 Å². The number of hydrogen-bond acceptors (Lipinski definition) is 2. The maximum atomic E-state index is 11.7. The maximum Gasteiger partial charge on any atom is 0.145 e. The first-order valence-electron chi connectivity index (χ1n) is 5.19. The topological polar surface area (TPSA) is 34.1 Å². The Kier molecular flexibility index (Phi) is 5.26. The van der Waals surface area contributed by atoms with Crippen LogP contribution >= 0.6 is 0 Å². The fourth-order valence-electron chi connectivity index (χ4n) is 1.25. The van der Waals surface area contributed by atoms with Crippen LogP contribution in [0.15, 0.2) is 35.2 Å². The molecule has 0 aliphatic heterocycles. The summed E-state index contributed by atoms with van der Waals surface area (Å²) in [5.74, 6) is 0.253. The van der Waals surface area contributed by atoms with Gasteiger partial charge in [0.15, 0.2) is 0 Å². The summed E-state index contributed by atoms with van der Waals surface area (Å²) in [5.41, 5.74) is 0. The van der Waals surface area contributed by atoms with Crippen molar-refractivity contribution in [2.75, 3.05) is 5.75 Å². The van der Waals surface area contributed by atoms with Crippen LogP contribution < -0.4 is 0 Å². The van der Waals surface area contributed by atoms with Gasteiger partial charge in [-0.25, -0.2) is 0 Å². The highest BCUT2D eigenvalue weighted by Gasteiger charge is 2.08. The standard InChI is InChI=1S/C12H16O2S/c1-2-3-7-11(13)10-15(14)12-8-5-4-6-9-12/h4-6,8-9H,2-3,7,10H2,1H3. The molecule has 1 rings (SSSR count). The molecule has 1 aromatic rings. The summed E-state index contributed by atoms with van der Waals surface area (Å²) in [6, 6.07) is 9.14. The third kappa shape index (κ3) is 4.38. The van der Waals surface area contributed by atoms with Gasteiger partial charge in [0.05, 0.1) is 16.6 Å². The van der Waals surface area contributed by atoms with Crippen LogP contribution in [-0.2, 0) is 15.6 Å². The van der Waals surface area contributed by atoms with E-state index in [0.717, 1.165) is 17.7 Å². The Balaban J connectivity index is 2.46. The van der Waals surface area contributed by atoms with Gasteiger partial charge in [0.25, 0.3) is 0 Å². The second-order valence-corrected chi connectivity index (χ2v) is 4.90. The van der Waals surface area contributed by atoms with Gasteiger partial charge >= 0.3 is 0 Å². The summed E-state index contributed by atoms with van der Waals surface area (Å²) in [7, 11) is -1.17. The predicted molar refractivity (Wildman–Crippen MR) is 62.2 cm³/mol. The van der Waals surface area contributed by atoms with Crippen LogP contribution in [0, 0.1) is 0 Å². The number of hydrogen-bond donors (Lipinski definition) is 0. The predicted octanol–water partition coefficient (Wildman–Crippen LogP) is 2.55. The number of Topliss-reactive ketones (excluding diaryl/α,β-unsaturated/α-hetero) is 1. The van der Waals surface area contributed by atoms with Crippen molar-refractivity contribution in [2.45, 2.75) is 31.1 Å². The molecule has 0 aliphatic carbocycles.